The van der Waals surface area contributed by atoms with E-state index in [1.54, 1.807) is 0 Å². The van der Waals surface area contributed by atoms with Crippen molar-refractivity contribution in [1.29, 1.82) is 0 Å². The van der Waals surface area contributed by atoms with E-state index in [1.165, 1.54) is 16.9 Å². The Morgan fingerprint density at radius 3 is 2.39 bits per heavy atom. The molecule has 0 aliphatic carbocycles. The van der Waals surface area contributed by atoms with Crippen LogP contribution >= 0.6 is 11.3 Å². The molecule has 0 fully saturated rings. The third-order valence-electron chi connectivity index (χ3n) is 5.73. The first kappa shape index (κ1) is 21.2. The van der Waals surface area contributed by atoms with Crippen molar-refractivity contribution in [2.45, 2.75) is 26.3 Å². The Labute approximate surface area is 197 Å². The number of fused-ring (bicyclic) bond motifs is 1. The quantitative estimate of drug-likeness (QED) is 0.297. The molecule has 5 rings (SSSR count). The number of anilines is 1. The number of carbonyl (C=O) groups is 1. The van der Waals surface area contributed by atoms with E-state index in [1.807, 2.05) is 36.5 Å². The highest BCUT2D eigenvalue weighted by Crippen LogP contribution is 2.31. The van der Waals surface area contributed by atoms with Gasteiger partial charge >= 0.3 is 0 Å². The Kier molecular flexibility index (Phi) is 5.80. The van der Waals surface area contributed by atoms with Crippen LogP contribution in [0.3, 0.4) is 0 Å². The van der Waals surface area contributed by atoms with Gasteiger partial charge in [0.1, 0.15) is 0 Å². The van der Waals surface area contributed by atoms with Crippen molar-refractivity contribution in [1.82, 2.24) is 9.55 Å². The molecule has 164 valence electrons. The van der Waals surface area contributed by atoms with E-state index in [0.29, 0.717) is 16.6 Å². The zero-order chi connectivity index (χ0) is 22.8. The Morgan fingerprint density at radius 2 is 1.70 bits per heavy atom. The van der Waals surface area contributed by atoms with E-state index >= 15 is 0 Å². The normalized spacial score (nSPS) is 11.2. The van der Waals surface area contributed by atoms with E-state index in [4.69, 9.17) is 0 Å². The summed E-state index contributed by atoms with van der Waals surface area (Å²) in [5.41, 5.74) is 5.25. The minimum Gasteiger partial charge on any atom is -0.336 e. The Balaban J connectivity index is 1.51. The first-order chi connectivity index (χ1) is 16.1. The lowest BCUT2D eigenvalue weighted by atomic mass is 10.1. The summed E-state index contributed by atoms with van der Waals surface area (Å²) in [6.07, 6.45) is 1.84. The molecule has 0 unspecified atom stereocenters. The van der Waals surface area contributed by atoms with E-state index < -0.39 is 0 Å². The molecule has 0 bridgehead atoms. The summed E-state index contributed by atoms with van der Waals surface area (Å²) in [5, 5.41) is 4.63. The van der Waals surface area contributed by atoms with Gasteiger partial charge in [0.25, 0.3) is 5.91 Å². The molecule has 0 saturated carbocycles. The fourth-order valence-electron chi connectivity index (χ4n) is 3.98. The van der Waals surface area contributed by atoms with Gasteiger partial charge in [0.15, 0.2) is 5.13 Å². The summed E-state index contributed by atoms with van der Waals surface area (Å²) >= 11 is 1.53. The van der Waals surface area contributed by atoms with Crippen molar-refractivity contribution in [3.05, 3.63) is 107 Å². The van der Waals surface area contributed by atoms with Crippen LogP contribution in [0.2, 0.25) is 0 Å². The molecule has 0 atom stereocenters. The highest BCUT2D eigenvalue weighted by molar-refractivity contribution is 7.15. The second kappa shape index (κ2) is 9.04. The zero-order valence-electron chi connectivity index (χ0n) is 18.7. The van der Waals surface area contributed by atoms with Gasteiger partial charge in [0.2, 0.25) is 0 Å². The number of hydrogen-bond donors (Lipinski definition) is 1. The fraction of sp³-hybridized carbons (Fsp3) is 0.143. The summed E-state index contributed by atoms with van der Waals surface area (Å²) in [4.78, 5) is 18.4. The van der Waals surface area contributed by atoms with Gasteiger partial charge in [0, 0.05) is 39.8 Å². The smallest absolute Gasteiger partial charge is 0.257 e. The SMILES string of the molecule is CC(C)c1cnc(NC(=O)c2ccc3c(c2)cc(-c2ccccc2)n3Cc2ccccc2)s1. The van der Waals surface area contributed by atoms with Gasteiger partial charge in [-0.3, -0.25) is 10.1 Å². The molecule has 0 aliphatic rings. The van der Waals surface area contributed by atoms with Crippen LogP contribution in [0.5, 0.6) is 0 Å². The molecule has 5 aromatic rings. The number of thiazole rings is 1. The van der Waals surface area contributed by atoms with Crippen LogP contribution in [0.25, 0.3) is 22.2 Å². The number of amides is 1. The third kappa shape index (κ3) is 4.45. The summed E-state index contributed by atoms with van der Waals surface area (Å²) in [7, 11) is 0. The van der Waals surface area contributed by atoms with Crippen LogP contribution in [0.15, 0.2) is 91.1 Å². The van der Waals surface area contributed by atoms with Gasteiger partial charge in [-0.05, 0) is 41.3 Å². The fourth-order valence-corrected chi connectivity index (χ4v) is 4.79. The van der Waals surface area contributed by atoms with E-state index in [-0.39, 0.29) is 5.91 Å². The van der Waals surface area contributed by atoms with Gasteiger partial charge in [-0.25, -0.2) is 4.98 Å². The van der Waals surface area contributed by atoms with Crippen molar-refractivity contribution in [2.24, 2.45) is 0 Å². The van der Waals surface area contributed by atoms with Crippen LogP contribution in [-0.4, -0.2) is 15.5 Å². The average molecular weight is 452 g/mol. The number of aromatic nitrogens is 2. The van der Waals surface area contributed by atoms with Crippen molar-refractivity contribution < 1.29 is 4.79 Å². The highest BCUT2D eigenvalue weighted by Gasteiger charge is 2.15. The molecule has 0 saturated heterocycles. The molecule has 5 heteroatoms. The van der Waals surface area contributed by atoms with Gasteiger partial charge in [0.05, 0.1) is 0 Å². The minimum atomic E-state index is -0.140. The Bertz CT molecular complexity index is 1400. The molecule has 1 amide bonds. The number of hydrogen-bond acceptors (Lipinski definition) is 3. The van der Waals surface area contributed by atoms with Crippen LogP contribution < -0.4 is 5.32 Å². The molecule has 0 radical (unpaired) electrons. The first-order valence-electron chi connectivity index (χ1n) is 11.1. The van der Waals surface area contributed by atoms with Crippen LogP contribution in [0.4, 0.5) is 5.13 Å². The van der Waals surface area contributed by atoms with Crippen LogP contribution in [0, 0.1) is 0 Å². The second-order valence-corrected chi connectivity index (χ2v) is 9.48. The maximum Gasteiger partial charge on any atom is 0.257 e. The molecule has 33 heavy (non-hydrogen) atoms. The van der Waals surface area contributed by atoms with Crippen molar-refractivity contribution in [3.63, 3.8) is 0 Å². The molecule has 1 N–H and O–H groups in total. The van der Waals surface area contributed by atoms with Crippen molar-refractivity contribution >= 4 is 33.3 Å². The Hall–Kier alpha value is -3.70. The second-order valence-electron chi connectivity index (χ2n) is 8.42. The molecule has 0 spiro atoms. The highest BCUT2D eigenvalue weighted by atomic mass is 32.1. The number of nitrogens with zero attached hydrogens (tertiary/aromatic N) is 2. The molecular formula is C28H25N3OS. The minimum absolute atomic E-state index is 0.140. The van der Waals surface area contributed by atoms with Gasteiger partial charge in [-0.1, -0.05) is 74.5 Å². The van der Waals surface area contributed by atoms with Gasteiger partial charge < -0.3 is 4.57 Å². The molecule has 4 nitrogen and oxygen atoms in total. The standard InChI is InChI=1S/C28H25N3OS/c1-19(2)26-17-29-28(33-26)30-27(32)22-13-14-24-23(15-22)16-25(21-11-7-4-8-12-21)31(24)18-20-9-5-3-6-10-20/h3-17,19H,18H2,1-2H3,(H,29,30,32). The van der Waals surface area contributed by atoms with Crippen LogP contribution in [-0.2, 0) is 6.54 Å². The van der Waals surface area contributed by atoms with E-state index in [9.17, 15) is 4.79 Å². The molecular weight excluding hydrogens is 426 g/mol. The molecule has 3 aromatic carbocycles. The predicted molar refractivity (Wildman–Crippen MR) is 137 cm³/mol. The predicted octanol–water partition coefficient (Wildman–Crippen LogP) is 7.19. The number of nitrogens with one attached hydrogen (secondary N) is 1. The molecule has 2 heterocycles. The van der Waals surface area contributed by atoms with Crippen LogP contribution in [0.1, 0.15) is 40.6 Å². The van der Waals surface area contributed by atoms with Crippen molar-refractivity contribution in [2.75, 3.05) is 5.32 Å². The summed E-state index contributed by atoms with van der Waals surface area (Å²) in [6, 6.07) is 28.9. The summed E-state index contributed by atoms with van der Waals surface area (Å²) in [6.45, 7) is 5.01. The monoisotopic (exact) mass is 451 g/mol. The third-order valence-corrected chi connectivity index (χ3v) is 6.94. The van der Waals surface area contributed by atoms with E-state index in [0.717, 1.165) is 33.6 Å². The number of benzene rings is 3. The molecule has 0 aliphatic heterocycles. The van der Waals surface area contributed by atoms with E-state index in [2.05, 4.69) is 83.3 Å². The van der Waals surface area contributed by atoms with Gasteiger partial charge in [-0.15, -0.1) is 11.3 Å². The first-order valence-corrected chi connectivity index (χ1v) is 11.9. The lowest BCUT2D eigenvalue weighted by Gasteiger charge is -2.11. The van der Waals surface area contributed by atoms with Crippen molar-refractivity contribution in [3.8, 4) is 11.3 Å². The zero-order valence-corrected chi connectivity index (χ0v) is 19.5. The number of rotatable bonds is 6. The number of carbonyl (C=O) groups excluding carboxylic acids is 1. The topological polar surface area (TPSA) is 46.9 Å². The maximum absolute atomic E-state index is 12.9. The summed E-state index contributed by atoms with van der Waals surface area (Å²) < 4.78 is 2.32. The lowest BCUT2D eigenvalue weighted by molar-refractivity contribution is 0.102. The maximum atomic E-state index is 12.9. The average Bonchev–Trinajstić information content (AvgIpc) is 3.45. The molecule has 2 aromatic heterocycles. The lowest BCUT2D eigenvalue weighted by Crippen LogP contribution is -2.11. The summed E-state index contributed by atoms with van der Waals surface area (Å²) in [5.74, 6) is 0.254. The largest absolute Gasteiger partial charge is 0.336 e. The Morgan fingerprint density at radius 1 is 0.970 bits per heavy atom. The van der Waals surface area contributed by atoms with Gasteiger partial charge in [-0.2, -0.15) is 0 Å².